The third kappa shape index (κ3) is 3.81. The zero-order valence-electron chi connectivity index (χ0n) is 12.3. The van der Waals surface area contributed by atoms with Gasteiger partial charge in [-0.3, -0.25) is 9.69 Å². The van der Waals surface area contributed by atoms with Gasteiger partial charge in [0.15, 0.2) is 0 Å². The molecule has 0 saturated carbocycles. The first-order chi connectivity index (χ1) is 9.58. The van der Waals surface area contributed by atoms with Gasteiger partial charge in [0.25, 0.3) is 0 Å². The van der Waals surface area contributed by atoms with E-state index in [9.17, 15) is 9.90 Å². The first kappa shape index (κ1) is 15.0. The van der Waals surface area contributed by atoms with Gasteiger partial charge in [-0.1, -0.05) is 30.3 Å². The van der Waals surface area contributed by atoms with Crippen molar-refractivity contribution in [2.45, 2.75) is 31.3 Å². The van der Waals surface area contributed by atoms with Gasteiger partial charge in [-0.05, 0) is 39.0 Å². The number of carbonyl (C=O) groups is 1. The van der Waals surface area contributed by atoms with Crippen molar-refractivity contribution in [1.29, 1.82) is 0 Å². The van der Waals surface area contributed by atoms with Crippen LogP contribution in [0.5, 0.6) is 0 Å². The average molecular weight is 276 g/mol. The molecule has 1 fully saturated rings. The van der Waals surface area contributed by atoms with Crippen molar-refractivity contribution >= 4 is 5.97 Å². The number of likely N-dealkylation sites (tertiary alicyclic amines) is 1. The summed E-state index contributed by atoms with van der Waals surface area (Å²) in [6, 6.07) is 10.5. The lowest BCUT2D eigenvalue weighted by Gasteiger charge is -2.34. The van der Waals surface area contributed by atoms with E-state index in [1.807, 2.05) is 30.3 Å². The molecule has 1 aliphatic heterocycles. The first-order valence-electron chi connectivity index (χ1n) is 7.25. The standard InChI is InChI=1S/C16H24N2O2/c1-17(2)12-14-9-6-10-18(14)15(11-16(19)20)13-7-4-3-5-8-13/h3-5,7-8,14-15H,6,9-12H2,1-2H3,(H,19,20). The average Bonchev–Trinajstić information content (AvgIpc) is 2.84. The normalized spacial score (nSPS) is 21.2. The number of benzene rings is 1. The van der Waals surface area contributed by atoms with Gasteiger partial charge in [0.2, 0.25) is 0 Å². The van der Waals surface area contributed by atoms with E-state index in [0.717, 1.165) is 31.5 Å². The summed E-state index contributed by atoms with van der Waals surface area (Å²) in [5, 5.41) is 9.24. The summed E-state index contributed by atoms with van der Waals surface area (Å²) >= 11 is 0. The molecule has 0 aromatic heterocycles. The number of rotatable bonds is 6. The molecule has 2 unspecified atom stereocenters. The van der Waals surface area contributed by atoms with Gasteiger partial charge < -0.3 is 10.0 Å². The van der Waals surface area contributed by atoms with Crippen LogP contribution in [0, 0.1) is 0 Å². The minimum Gasteiger partial charge on any atom is -0.481 e. The Morgan fingerprint density at radius 3 is 2.70 bits per heavy atom. The monoisotopic (exact) mass is 276 g/mol. The number of nitrogens with zero attached hydrogens (tertiary/aromatic N) is 2. The molecule has 1 aromatic rings. The predicted molar refractivity (Wildman–Crippen MR) is 79.7 cm³/mol. The van der Waals surface area contributed by atoms with Crippen molar-refractivity contribution < 1.29 is 9.90 Å². The van der Waals surface area contributed by atoms with E-state index in [1.54, 1.807) is 0 Å². The van der Waals surface area contributed by atoms with E-state index in [0.29, 0.717) is 6.04 Å². The number of hydrogen-bond acceptors (Lipinski definition) is 3. The Hall–Kier alpha value is -1.39. The van der Waals surface area contributed by atoms with Crippen molar-refractivity contribution in [3.63, 3.8) is 0 Å². The molecule has 1 heterocycles. The van der Waals surface area contributed by atoms with Crippen LogP contribution in [-0.4, -0.2) is 54.1 Å². The Bertz CT molecular complexity index is 433. The zero-order valence-corrected chi connectivity index (χ0v) is 12.3. The highest BCUT2D eigenvalue weighted by molar-refractivity contribution is 5.68. The van der Waals surface area contributed by atoms with Gasteiger partial charge in [-0.25, -0.2) is 0 Å². The van der Waals surface area contributed by atoms with E-state index >= 15 is 0 Å². The van der Waals surface area contributed by atoms with Crippen LogP contribution in [0.25, 0.3) is 0 Å². The summed E-state index contributed by atoms with van der Waals surface area (Å²) in [5.41, 5.74) is 1.11. The molecular weight excluding hydrogens is 252 g/mol. The van der Waals surface area contributed by atoms with Crippen LogP contribution in [0.4, 0.5) is 0 Å². The smallest absolute Gasteiger partial charge is 0.305 e. The number of carboxylic acid groups (broad SMARTS) is 1. The van der Waals surface area contributed by atoms with E-state index in [-0.39, 0.29) is 12.5 Å². The second-order valence-electron chi connectivity index (χ2n) is 5.82. The van der Waals surface area contributed by atoms with Crippen LogP contribution in [0.15, 0.2) is 30.3 Å². The van der Waals surface area contributed by atoms with Crippen molar-refractivity contribution in [3.05, 3.63) is 35.9 Å². The molecule has 110 valence electrons. The van der Waals surface area contributed by atoms with Crippen LogP contribution in [0.2, 0.25) is 0 Å². The van der Waals surface area contributed by atoms with Crippen molar-refractivity contribution in [3.8, 4) is 0 Å². The number of likely N-dealkylation sites (N-methyl/N-ethyl adjacent to an activating group) is 1. The molecule has 0 bridgehead atoms. The molecular formula is C16H24N2O2. The fourth-order valence-electron chi connectivity index (χ4n) is 3.15. The molecule has 2 rings (SSSR count). The lowest BCUT2D eigenvalue weighted by molar-refractivity contribution is -0.138. The van der Waals surface area contributed by atoms with E-state index in [4.69, 9.17) is 0 Å². The third-order valence-corrected chi connectivity index (χ3v) is 3.95. The minimum absolute atomic E-state index is 0.0128. The van der Waals surface area contributed by atoms with Crippen LogP contribution < -0.4 is 0 Å². The molecule has 0 amide bonds. The van der Waals surface area contributed by atoms with Crippen molar-refractivity contribution in [1.82, 2.24) is 9.80 Å². The topological polar surface area (TPSA) is 43.8 Å². The lowest BCUT2D eigenvalue weighted by atomic mass is 10.0. The molecule has 1 aromatic carbocycles. The highest BCUT2D eigenvalue weighted by atomic mass is 16.4. The summed E-state index contributed by atoms with van der Waals surface area (Å²) in [7, 11) is 4.15. The maximum Gasteiger partial charge on any atom is 0.305 e. The minimum atomic E-state index is -0.727. The van der Waals surface area contributed by atoms with E-state index in [2.05, 4.69) is 23.9 Å². The number of hydrogen-bond donors (Lipinski definition) is 1. The number of carboxylic acids is 1. The van der Waals surface area contributed by atoms with Gasteiger partial charge in [-0.2, -0.15) is 0 Å². The Morgan fingerprint density at radius 2 is 2.10 bits per heavy atom. The Kier molecular flexibility index (Phi) is 5.15. The second-order valence-corrected chi connectivity index (χ2v) is 5.82. The summed E-state index contributed by atoms with van der Waals surface area (Å²) in [6.45, 7) is 1.98. The van der Waals surface area contributed by atoms with Gasteiger partial charge in [-0.15, -0.1) is 0 Å². The Balaban J connectivity index is 2.19. The fraction of sp³-hybridized carbons (Fsp3) is 0.562. The highest BCUT2D eigenvalue weighted by Crippen LogP contribution is 2.32. The largest absolute Gasteiger partial charge is 0.481 e. The summed E-state index contributed by atoms with van der Waals surface area (Å²) in [5.74, 6) is -0.727. The SMILES string of the molecule is CN(C)CC1CCCN1C(CC(=O)O)c1ccccc1. The van der Waals surface area contributed by atoms with Crippen LogP contribution in [0.3, 0.4) is 0 Å². The van der Waals surface area contributed by atoms with Crippen LogP contribution in [-0.2, 0) is 4.79 Å². The quantitative estimate of drug-likeness (QED) is 0.865. The summed E-state index contributed by atoms with van der Waals surface area (Å²) in [4.78, 5) is 15.8. The maximum atomic E-state index is 11.2. The van der Waals surface area contributed by atoms with Gasteiger partial charge in [0.1, 0.15) is 0 Å². The molecule has 4 heteroatoms. The molecule has 20 heavy (non-hydrogen) atoms. The maximum absolute atomic E-state index is 11.2. The molecule has 2 atom stereocenters. The fourth-order valence-corrected chi connectivity index (χ4v) is 3.15. The molecule has 1 aliphatic rings. The molecule has 4 nitrogen and oxygen atoms in total. The van der Waals surface area contributed by atoms with Crippen LogP contribution >= 0.6 is 0 Å². The van der Waals surface area contributed by atoms with Gasteiger partial charge in [0.05, 0.1) is 6.42 Å². The van der Waals surface area contributed by atoms with Crippen molar-refractivity contribution in [2.75, 3.05) is 27.2 Å². The zero-order chi connectivity index (χ0) is 14.5. The Labute approximate surface area is 121 Å². The molecule has 0 radical (unpaired) electrons. The van der Waals surface area contributed by atoms with E-state index in [1.165, 1.54) is 0 Å². The second kappa shape index (κ2) is 6.86. The highest BCUT2D eigenvalue weighted by Gasteiger charge is 2.32. The van der Waals surface area contributed by atoms with Crippen molar-refractivity contribution in [2.24, 2.45) is 0 Å². The molecule has 0 aliphatic carbocycles. The number of aliphatic carboxylic acids is 1. The predicted octanol–water partition coefficient (Wildman–Crippen LogP) is 2.23. The lowest BCUT2D eigenvalue weighted by Crippen LogP contribution is -2.40. The van der Waals surface area contributed by atoms with Gasteiger partial charge >= 0.3 is 5.97 Å². The molecule has 1 N–H and O–H groups in total. The van der Waals surface area contributed by atoms with Gasteiger partial charge in [0, 0.05) is 18.6 Å². The summed E-state index contributed by atoms with van der Waals surface area (Å²) in [6.07, 6.45) is 2.48. The third-order valence-electron chi connectivity index (χ3n) is 3.95. The van der Waals surface area contributed by atoms with E-state index < -0.39 is 5.97 Å². The Morgan fingerprint density at radius 1 is 1.40 bits per heavy atom. The first-order valence-corrected chi connectivity index (χ1v) is 7.25. The van der Waals surface area contributed by atoms with Crippen LogP contribution in [0.1, 0.15) is 30.9 Å². The molecule has 1 saturated heterocycles. The summed E-state index contributed by atoms with van der Waals surface area (Å²) < 4.78 is 0. The molecule has 0 spiro atoms.